The van der Waals surface area contributed by atoms with Gasteiger partial charge in [0.1, 0.15) is 5.75 Å². The van der Waals surface area contributed by atoms with E-state index in [-0.39, 0.29) is 5.56 Å². The molecule has 2 heterocycles. The first-order valence-electron chi connectivity index (χ1n) is 11.2. The van der Waals surface area contributed by atoms with Crippen LogP contribution < -0.4 is 15.8 Å². The van der Waals surface area contributed by atoms with Gasteiger partial charge in [0.05, 0.1) is 11.9 Å². The Morgan fingerprint density at radius 1 is 0.972 bits per heavy atom. The minimum absolute atomic E-state index is 0.249. The molecule has 0 saturated heterocycles. The number of hydrogen-bond donors (Lipinski definition) is 3. The fraction of sp³-hybridized carbons (Fsp3) is 0.111. The zero-order valence-corrected chi connectivity index (χ0v) is 20.0. The average Bonchev–Trinajstić information content (AvgIpc) is 3.23. The van der Waals surface area contributed by atoms with Crippen LogP contribution in [-0.4, -0.2) is 30.6 Å². The number of carboxylic acids is 1. The van der Waals surface area contributed by atoms with E-state index in [4.69, 9.17) is 15.6 Å². The molecule has 5 rings (SSSR count). The first-order chi connectivity index (χ1) is 17.3. The molecular formula is C27H24N6O3. The topological polar surface area (TPSA) is 128 Å². The van der Waals surface area contributed by atoms with E-state index < -0.39 is 5.97 Å². The van der Waals surface area contributed by atoms with Crippen LogP contribution in [0.5, 0.6) is 11.6 Å². The van der Waals surface area contributed by atoms with Crippen molar-refractivity contribution >= 4 is 34.5 Å². The molecule has 0 amide bonds. The van der Waals surface area contributed by atoms with Gasteiger partial charge >= 0.3 is 5.97 Å². The van der Waals surface area contributed by atoms with Crippen molar-refractivity contribution in [2.24, 2.45) is 7.05 Å². The maximum atomic E-state index is 11.2. The van der Waals surface area contributed by atoms with Crippen LogP contribution >= 0.6 is 0 Å². The van der Waals surface area contributed by atoms with Crippen molar-refractivity contribution in [1.29, 1.82) is 0 Å². The molecule has 4 N–H and O–H groups in total. The zero-order chi connectivity index (χ0) is 25.4. The lowest BCUT2D eigenvalue weighted by Gasteiger charge is -2.15. The normalized spacial score (nSPS) is 11.0. The van der Waals surface area contributed by atoms with Crippen molar-refractivity contribution in [2.75, 3.05) is 11.1 Å². The number of fused-ring (bicyclic) bond motifs is 1. The summed E-state index contributed by atoms with van der Waals surface area (Å²) in [6.45, 7) is 3.92. The van der Waals surface area contributed by atoms with Gasteiger partial charge in [-0.3, -0.25) is 0 Å². The number of nitrogens with two attached hydrogens (primary N) is 1. The van der Waals surface area contributed by atoms with Crippen LogP contribution in [0.4, 0.5) is 17.3 Å². The van der Waals surface area contributed by atoms with Crippen LogP contribution in [0.25, 0.3) is 22.3 Å². The number of ether oxygens (including phenoxy) is 1. The summed E-state index contributed by atoms with van der Waals surface area (Å²) in [4.78, 5) is 24.8. The van der Waals surface area contributed by atoms with Gasteiger partial charge in [0, 0.05) is 18.4 Å². The monoisotopic (exact) mass is 480 g/mol. The third kappa shape index (κ3) is 4.41. The van der Waals surface area contributed by atoms with Crippen LogP contribution in [0.2, 0.25) is 0 Å². The molecule has 0 fully saturated rings. The highest BCUT2D eigenvalue weighted by Crippen LogP contribution is 2.35. The number of nitrogens with zero attached hydrogens (tertiary/aromatic N) is 4. The molecule has 5 aromatic rings. The quantitative estimate of drug-likeness (QED) is 0.273. The van der Waals surface area contributed by atoms with Crippen LogP contribution in [-0.2, 0) is 7.05 Å². The van der Waals surface area contributed by atoms with Gasteiger partial charge in [-0.1, -0.05) is 12.1 Å². The molecule has 0 bridgehead atoms. The summed E-state index contributed by atoms with van der Waals surface area (Å²) >= 11 is 0. The summed E-state index contributed by atoms with van der Waals surface area (Å²) in [5.74, 6) is 0.429. The maximum absolute atomic E-state index is 11.2. The van der Waals surface area contributed by atoms with Crippen molar-refractivity contribution in [3.8, 4) is 22.8 Å². The number of nitrogens with one attached hydrogen (secondary N) is 1. The molecule has 180 valence electrons. The summed E-state index contributed by atoms with van der Waals surface area (Å²) in [7, 11) is 1.86. The molecule has 0 saturated carbocycles. The summed E-state index contributed by atoms with van der Waals surface area (Å²) in [5, 5.41) is 12.4. The molecule has 3 aromatic carbocycles. The number of aryl methyl sites for hydroxylation is 3. The fourth-order valence-corrected chi connectivity index (χ4v) is 3.98. The highest BCUT2D eigenvalue weighted by molar-refractivity contribution is 5.88. The number of nitrogen functional groups attached to an aromatic ring is 1. The van der Waals surface area contributed by atoms with Crippen LogP contribution in [0, 0.1) is 13.8 Å². The third-order valence-electron chi connectivity index (χ3n) is 5.82. The molecule has 0 spiro atoms. The molecule has 9 nitrogen and oxygen atoms in total. The van der Waals surface area contributed by atoms with Crippen molar-refractivity contribution in [1.82, 2.24) is 19.5 Å². The number of rotatable bonds is 6. The Kier molecular flexibility index (Phi) is 5.73. The average molecular weight is 481 g/mol. The molecule has 36 heavy (non-hydrogen) atoms. The number of imidazole rings is 1. The predicted molar refractivity (Wildman–Crippen MR) is 139 cm³/mol. The van der Waals surface area contributed by atoms with E-state index in [9.17, 15) is 4.79 Å². The van der Waals surface area contributed by atoms with Crippen LogP contribution in [0.3, 0.4) is 0 Å². The highest BCUT2D eigenvalue weighted by Gasteiger charge is 2.17. The Hall–Kier alpha value is -4.92. The van der Waals surface area contributed by atoms with Gasteiger partial charge in [0.25, 0.3) is 5.88 Å². The second-order valence-electron chi connectivity index (χ2n) is 8.55. The number of aromatic nitrogens is 4. The summed E-state index contributed by atoms with van der Waals surface area (Å²) in [6.07, 6.45) is 1.67. The van der Waals surface area contributed by atoms with Gasteiger partial charge in [0.2, 0.25) is 5.95 Å². The fourth-order valence-electron chi connectivity index (χ4n) is 3.98. The molecule has 0 aliphatic carbocycles. The standard InChI is InChI=1S/C27H24N6O3/c1-15-12-19(17-4-6-18(7-5-17)26(34)35)13-16(2)23(15)36-25-22-24(33(3)14-29-22)31-27(32-25)30-21-10-8-20(28)9-11-21/h4-14H,28H2,1-3H3,(H,34,35)(H,30,31,32). The minimum atomic E-state index is -0.950. The number of aromatic carboxylic acids is 1. The number of carbonyl (C=O) groups is 1. The molecule has 0 radical (unpaired) electrons. The van der Waals surface area contributed by atoms with Crippen LogP contribution in [0.1, 0.15) is 21.5 Å². The van der Waals surface area contributed by atoms with E-state index in [1.807, 2.05) is 49.7 Å². The molecular weight excluding hydrogens is 456 g/mol. The smallest absolute Gasteiger partial charge is 0.335 e. The third-order valence-corrected chi connectivity index (χ3v) is 5.82. The largest absolute Gasteiger partial charge is 0.478 e. The van der Waals surface area contributed by atoms with Crippen molar-refractivity contribution in [3.63, 3.8) is 0 Å². The Labute approximate surface area is 207 Å². The van der Waals surface area contributed by atoms with Crippen molar-refractivity contribution < 1.29 is 14.6 Å². The van der Waals surface area contributed by atoms with Gasteiger partial charge in [-0.2, -0.15) is 9.97 Å². The molecule has 2 aromatic heterocycles. The SMILES string of the molecule is Cc1cc(-c2ccc(C(=O)O)cc2)cc(C)c1Oc1nc(Nc2ccc(N)cc2)nc2c1ncn2C. The van der Waals surface area contributed by atoms with Crippen molar-refractivity contribution in [2.45, 2.75) is 13.8 Å². The summed E-state index contributed by atoms with van der Waals surface area (Å²) < 4.78 is 8.15. The number of anilines is 3. The summed E-state index contributed by atoms with van der Waals surface area (Å²) in [5.41, 5.74) is 12.4. The second-order valence-corrected chi connectivity index (χ2v) is 8.55. The van der Waals surface area contributed by atoms with Gasteiger partial charge in [0.15, 0.2) is 11.2 Å². The maximum Gasteiger partial charge on any atom is 0.335 e. The molecule has 0 aliphatic rings. The highest BCUT2D eigenvalue weighted by atomic mass is 16.5. The summed E-state index contributed by atoms with van der Waals surface area (Å²) in [6, 6.07) is 18.1. The Bertz CT molecular complexity index is 1570. The first kappa shape index (κ1) is 22.9. The van der Waals surface area contributed by atoms with E-state index in [1.54, 1.807) is 42.7 Å². The molecule has 9 heteroatoms. The van der Waals surface area contributed by atoms with E-state index >= 15 is 0 Å². The van der Waals surface area contributed by atoms with Crippen LogP contribution in [0.15, 0.2) is 67.0 Å². The van der Waals surface area contributed by atoms with Crippen molar-refractivity contribution in [3.05, 3.63) is 83.7 Å². The lowest BCUT2D eigenvalue weighted by Crippen LogP contribution is -2.02. The minimum Gasteiger partial charge on any atom is -0.478 e. The van der Waals surface area contributed by atoms with Gasteiger partial charge in [-0.25, -0.2) is 9.78 Å². The lowest BCUT2D eigenvalue weighted by atomic mass is 9.99. The molecule has 0 atom stereocenters. The van der Waals surface area contributed by atoms with E-state index in [0.717, 1.165) is 27.9 Å². The second kappa shape index (κ2) is 9.03. The van der Waals surface area contributed by atoms with E-state index in [0.29, 0.717) is 34.4 Å². The predicted octanol–water partition coefficient (Wildman–Crippen LogP) is 5.46. The Balaban J connectivity index is 1.50. The lowest BCUT2D eigenvalue weighted by molar-refractivity contribution is 0.0697. The van der Waals surface area contributed by atoms with Gasteiger partial charge < -0.3 is 25.5 Å². The van der Waals surface area contributed by atoms with Gasteiger partial charge in [-0.05, 0) is 84.6 Å². The zero-order valence-electron chi connectivity index (χ0n) is 20.0. The first-order valence-corrected chi connectivity index (χ1v) is 11.2. The molecule has 0 unspecified atom stereocenters. The van der Waals surface area contributed by atoms with E-state index in [1.165, 1.54) is 0 Å². The molecule has 0 aliphatic heterocycles. The van der Waals surface area contributed by atoms with Gasteiger partial charge in [-0.15, -0.1) is 0 Å². The Morgan fingerprint density at radius 2 is 1.64 bits per heavy atom. The number of carboxylic acid groups (broad SMARTS) is 1. The van der Waals surface area contributed by atoms with E-state index in [2.05, 4.69) is 20.3 Å². The Morgan fingerprint density at radius 3 is 2.28 bits per heavy atom. The number of hydrogen-bond acceptors (Lipinski definition) is 7. The number of benzene rings is 3.